The molecule has 1 fully saturated rings. The van der Waals surface area contributed by atoms with Crippen LogP contribution >= 0.6 is 11.6 Å². The first-order valence-electron chi connectivity index (χ1n) is 7.09. The van der Waals surface area contributed by atoms with Crippen LogP contribution in [0.4, 0.5) is 0 Å². The molecule has 21 heavy (non-hydrogen) atoms. The van der Waals surface area contributed by atoms with Crippen molar-refractivity contribution in [1.29, 1.82) is 0 Å². The van der Waals surface area contributed by atoms with Crippen LogP contribution in [0.2, 0.25) is 0 Å². The van der Waals surface area contributed by atoms with E-state index in [9.17, 15) is 8.42 Å². The van der Waals surface area contributed by atoms with Crippen molar-refractivity contribution in [2.45, 2.75) is 43.6 Å². The van der Waals surface area contributed by atoms with Crippen LogP contribution < -0.4 is 0 Å². The molecule has 1 aliphatic heterocycles. The Bertz CT molecular complexity index is 616. The summed E-state index contributed by atoms with van der Waals surface area (Å²) in [5, 5.41) is 0. The number of alkyl halides is 1. The number of halogens is 1. The number of aryl methyl sites for hydroxylation is 2. The number of benzene rings is 1. The molecule has 1 aromatic rings. The van der Waals surface area contributed by atoms with Gasteiger partial charge in [-0.2, -0.15) is 4.31 Å². The molecule has 2 rings (SSSR count). The molecule has 1 heterocycles. The molecular formula is C15H22ClNO3S. The molecule has 1 aromatic carbocycles. The Morgan fingerprint density at radius 1 is 1.33 bits per heavy atom. The van der Waals surface area contributed by atoms with Gasteiger partial charge in [0.25, 0.3) is 0 Å². The molecular weight excluding hydrogens is 310 g/mol. The van der Waals surface area contributed by atoms with Gasteiger partial charge >= 0.3 is 0 Å². The van der Waals surface area contributed by atoms with Gasteiger partial charge in [-0.15, -0.1) is 11.6 Å². The quantitative estimate of drug-likeness (QED) is 0.797. The molecule has 0 amide bonds. The van der Waals surface area contributed by atoms with Gasteiger partial charge in [-0.1, -0.05) is 6.07 Å². The Labute approximate surface area is 132 Å². The fourth-order valence-corrected chi connectivity index (χ4v) is 4.81. The van der Waals surface area contributed by atoms with E-state index in [0.717, 1.165) is 29.5 Å². The molecule has 6 heteroatoms. The molecule has 118 valence electrons. The van der Waals surface area contributed by atoms with Gasteiger partial charge in [-0.05, 0) is 49.4 Å². The van der Waals surface area contributed by atoms with Gasteiger partial charge in [0.05, 0.1) is 11.0 Å². The maximum Gasteiger partial charge on any atom is 0.243 e. The van der Waals surface area contributed by atoms with E-state index >= 15 is 0 Å². The zero-order valence-corrected chi connectivity index (χ0v) is 14.3. The third-order valence-corrected chi connectivity index (χ3v) is 6.36. The van der Waals surface area contributed by atoms with Crippen LogP contribution in [-0.2, 0) is 20.6 Å². The van der Waals surface area contributed by atoms with Crippen molar-refractivity contribution in [1.82, 2.24) is 4.31 Å². The predicted octanol–water partition coefficient (Wildman–Crippen LogP) is 2.84. The summed E-state index contributed by atoms with van der Waals surface area (Å²) in [6.45, 7) is 4.74. The highest BCUT2D eigenvalue weighted by atomic mass is 35.5. The number of hydrogen-bond acceptors (Lipinski definition) is 3. The Morgan fingerprint density at radius 3 is 2.67 bits per heavy atom. The van der Waals surface area contributed by atoms with Crippen molar-refractivity contribution in [3.8, 4) is 0 Å². The molecule has 1 aliphatic rings. The minimum Gasteiger partial charge on any atom is -0.380 e. The summed E-state index contributed by atoms with van der Waals surface area (Å²) in [6.07, 6.45) is 1.71. The zero-order valence-electron chi connectivity index (χ0n) is 12.7. The van der Waals surface area contributed by atoms with Gasteiger partial charge < -0.3 is 4.74 Å². The lowest BCUT2D eigenvalue weighted by molar-refractivity contribution is 0.0571. The second-order valence-electron chi connectivity index (χ2n) is 5.54. The Hall–Kier alpha value is -0.620. The van der Waals surface area contributed by atoms with Crippen molar-refractivity contribution >= 4 is 21.6 Å². The number of piperidine rings is 1. The van der Waals surface area contributed by atoms with Crippen LogP contribution in [0.1, 0.15) is 29.5 Å². The predicted molar refractivity (Wildman–Crippen MR) is 84.3 cm³/mol. The van der Waals surface area contributed by atoms with Gasteiger partial charge in [0.1, 0.15) is 0 Å². The number of methoxy groups -OCH3 is 1. The first-order chi connectivity index (χ1) is 9.90. The van der Waals surface area contributed by atoms with Crippen molar-refractivity contribution in [2.75, 3.05) is 20.2 Å². The van der Waals surface area contributed by atoms with Gasteiger partial charge in [0.15, 0.2) is 0 Å². The summed E-state index contributed by atoms with van der Waals surface area (Å²) in [4.78, 5) is 0.362. The van der Waals surface area contributed by atoms with Gasteiger partial charge in [-0.3, -0.25) is 0 Å². The van der Waals surface area contributed by atoms with Gasteiger partial charge in [0, 0.05) is 26.1 Å². The minimum atomic E-state index is -3.49. The average Bonchev–Trinajstić information content (AvgIpc) is 2.47. The highest BCUT2D eigenvalue weighted by molar-refractivity contribution is 7.89. The summed E-state index contributed by atoms with van der Waals surface area (Å²) in [5.41, 5.74) is 2.65. The SMILES string of the molecule is COC1CCCN(S(=O)(=O)c2cc(CCl)c(C)cc2C)C1. The molecule has 0 spiro atoms. The van der Waals surface area contributed by atoms with E-state index in [1.54, 1.807) is 13.2 Å². The van der Waals surface area contributed by atoms with Crippen molar-refractivity contribution < 1.29 is 13.2 Å². The molecule has 4 nitrogen and oxygen atoms in total. The molecule has 0 aromatic heterocycles. The lowest BCUT2D eigenvalue weighted by atomic mass is 10.1. The van der Waals surface area contributed by atoms with E-state index in [4.69, 9.17) is 16.3 Å². The lowest BCUT2D eigenvalue weighted by Gasteiger charge is -2.31. The lowest BCUT2D eigenvalue weighted by Crippen LogP contribution is -2.43. The van der Waals surface area contributed by atoms with E-state index in [1.807, 2.05) is 19.9 Å². The molecule has 0 radical (unpaired) electrons. The van der Waals surface area contributed by atoms with Crippen LogP contribution in [0.25, 0.3) is 0 Å². The fourth-order valence-electron chi connectivity index (χ4n) is 2.75. The second kappa shape index (κ2) is 6.65. The Balaban J connectivity index is 2.39. The Kier molecular flexibility index (Phi) is 5.30. The normalized spacial score (nSPS) is 20.7. The van der Waals surface area contributed by atoms with Crippen molar-refractivity contribution in [3.05, 3.63) is 28.8 Å². The molecule has 0 N–H and O–H groups in total. The maximum absolute atomic E-state index is 12.9. The highest BCUT2D eigenvalue weighted by Crippen LogP contribution is 2.27. The number of hydrogen-bond donors (Lipinski definition) is 0. The summed E-state index contributed by atoms with van der Waals surface area (Å²) in [5.74, 6) is 0.315. The van der Waals surface area contributed by atoms with Crippen molar-refractivity contribution in [2.24, 2.45) is 0 Å². The van der Waals surface area contributed by atoms with Crippen LogP contribution in [0.5, 0.6) is 0 Å². The number of rotatable bonds is 4. The number of ether oxygens (including phenoxy) is 1. The van der Waals surface area contributed by atoms with E-state index in [1.165, 1.54) is 4.31 Å². The van der Waals surface area contributed by atoms with Crippen LogP contribution in [0, 0.1) is 13.8 Å². The monoisotopic (exact) mass is 331 g/mol. The topological polar surface area (TPSA) is 46.6 Å². The average molecular weight is 332 g/mol. The second-order valence-corrected chi connectivity index (χ2v) is 7.71. The van der Waals surface area contributed by atoms with E-state index < -0.39 is 10.0 Å². The van der Waals surface area contributed by atoms with Gasteiger partial charge in [0.2, 0.25) is 10.0 Å². The molecule has 0 saturated carbocycles. The van der Waals surface area contributed by atoms with Crippen LogP contribution in [0.3, 0.4) is 0 Å². The third-order valence-electron chi connectivity index (χ3n) is 4.07. The minimum absolute atomic E-state index is 0.0215. The molecule has 0 aliphatic carbocycles. The first-order valence-corrected chi connectivity index (χ1v) is 9.06. The summed E-state index contributed by atoms with van der Waals surface area (Å²) in [7, 11) is -1.86. The summed E-state index contributed by atoms with van der Waals surface area (Å²) in [6, 6.07) is 3.60. The van der Waals surface area contributed by atoms with Crippen molar-refractivity contribution in [3.63, 3.8) is 0 Å². The largest absolute Gasteiger partial charge is 0.380 e. The van der Waals surface area contributed by atoms with Gasteiger partial charge in [-0.25, -0.2) is 8.42 Å². The number of nitrogens with zero attached hydrogens (tertiary/aromatic N) is 1. The van der Waals surface area contributed by atoms with E-state index in [-0.39, 0.29) is 6.10 Å². The Morgan fingerprint density at radius 2 is 2.05 bits per heavy atom. The van der Waals surface area contributed by atoms with E-state index in [2.05, 4.69) is 0 Å². The smallest absolute Gasteiger partial charge is 0.243 e. The molecule has 1 saturated heterocycles. The standard InChI is InChI=1S/C15H22ClNO3S/c1-11-7-12(2)15(8-13(11)9-16)21(18,19)17-6-4-5-14(10-17)20-3/h7-8,14H,4-6,9-10H2,1-3H3. The van der Waals surface area contributed by atoms with E-state index in [0.29, 0.717) is 23.9 Å². The summed E-state index contributed by atoms with van der Waals surface area (Å²) >= 11 is 5.91. The van der Waals surface area contributed by atoms with Crippen LogP contribution in [-0.4, -0.2) is 39.0 Å². The zero-order chi connectivity index (χ0) is 15.6. The fraction of sp³-hybridized carbons (Fsp3) is 0.600. The molecule has 1 unspecified atom stereocenters. The summed E-state index contributed by atoms with van der Waals surface area (Å²) < 4.78 is 32.6. The van der Waals surface area contributed by atoms with Crippen LogP contribution in [0.15, 0.2) is 17.0 Å². The highest BCUT2D eigenvalue weighted by Gasteiger charge is 2.31. The first kappa shape index (κ1) is 16.7. The third kappa shape index (κ3) is 3.42. The maximum atomic E-state index is 12.9. The molecule has 0 bridgehead atoms. The number of sulfonamides is 1. The molecule has 1 atom stereocenters.